The molecule has 2 N–H and O–H groups in total. The van der Waals surface area contributed by atoms with E-state index in [4.69, 9.17) is 0 Å². The number of nitrogens with zero attached hydrogens (tertiary/aromatic N) is 1. The molecular formula is C16H25N3O3S. The molecule has 0 spiro atoms. The second-order valence-electron chi connectivity index (χ2n) is 5.62. The number of amides is 1. The Hall–Kier alpha value is -1.44. The van der Waals surface area contributed by atoms with Gasteiger partial charge in [-0.25, -0.2) is 8.42 Å². The number of carbonyl (C=O) groups excluding carboxylic acids is 1. The molecule has 1 aliphatic rings. The number of carbonyl (C=O) groups is 1. The van der Waals surface area contributed by atoms with Crippen molar-refractivity contribution in [2.75, 3.05) is 26.2 Å². The lowest BCUT2D eigenvalue weighted by Crippen LogP contribution is -2.37. The predicted octanol–water partition coefficient (Wildman–Crippen LogP) is 1.20. The highest BCUT2D eigenvalue weighted by molar-refractivity contribution is 7.89. The zero-order chi connectivity index (χ0) is 16.9. The molecule has 1 aliphatic heterocycles. The minimum Gasteiger partial charge on any atom is -0.350 e. The van der Waals surface area contributed by atoms with Crippen LogP contribution in [-0.4, -0.2) is 50.9 Å². The first-order valence-corrected chi connectivity index (χ1v) is 9.54. The molecule has 0 aromatic heterocycles. The van der Waals surface area contributed by atoms with Crippen molar-refractivity contribution in [1.82, 2.24) is 14.9 Å². The summed E-state index contributed by atoms with van der Waals surface area (Å²) in [5.74, 6) is -0.175. The van der Waals surface area contributed by atoms with Gasteiger partial charge in [-0.3, -0.25) is 4.79 Å². The fraction of sp³-hybridized carbons (Fsp3) is 0.562. The number of hydrogen-bond donors (Lipinski definition) is 2. The first kappa shape index (κ1) is 17.9. The van der Waals surface area contributed by atoms with Crippen molar-refractivity contribution in [1.29, 1.82) is 0 Å². The highest BCUT2D eigenvalue weighted by Gasteiger charge is 2.22. The smallest absolute Gasteiger partial charge is 0.251 e. The van der Waals surface area contributed by atoms with Gasteiger partial charge in [0.25, 0.3) is 5.91 Å². The monoisotopic (exact) mass is 339 g/mol. The van der Waals surface area contributed by atoms with Crippen LogP contribution >= 0.6 is 0 Å². The van der Waals surface area contributed by atoms with Crippen LogP contribution in [0.2, 0.25) is 0 Å². The molecule has 1 amide bonds. The maximum Gasteiger partial charge on any atom is 0.251 e. The molecule has 128 valence electrons. The van der Waals surface area contributed by atoms with Gasteiger partial charge in [0.15, 0.2) is 0 Å². The SMILES string of the molecule is CCN(CC)S(=O)(=O)c1ccc(C(=O)NCC2CCCN2)cc1. The fourth-order valence-electron chi connectivity index (χ4n) is 2.74. The van der Waals surface area contributed by atoms with E-state index in [9.17, 15) is 13.2 Å². The Morgan fingerprint density at radius 3 is 2.43 bits per heavy atom. The molecule has 2 rings (SSSR count). The highest BCUT2D eigenvalue weighted by atomic mass is 32.2. The summed E-state index contributed by atoms with van der Waals surface area (Å²) < 4.78 is 26.2. The molecule has 7 heteroatoms. The zero-order valence-corrected chi connectivity index (χ0v) is 14.5. The minimum atomic E-state index is -3.48. The largest absolute Gasteiger partial charge is 0.350 e. The van der Waals surface area contributed by atoms with E-state index in [0.29, 0.717) is 31.2 Å². The van der Waals surface area contributed by atoms with Gasteiger partial charge >= 0.3 is 0 Å². The first-order valence-electron chi connectivity index (χ1n) is 8.10. The van der Waals surface area contributed by atoms with Crippen molar-refractivity contribution >= 4 is 15.9 Å². The molecular weight excluding hydrogens is 314 g/mol. The lowest BCUT2D eigenvalue weighted by Gasteiger charge is -2.18. The molecule has 1 unspecified atom stereocenters. The van der Waals surface area contributed by atoms with E-state index >= 15 is 0 Å². The normalized spacial score (nSPS) is 18.3. The number of rotatable bonds is 7. The van der Waals surface area contributed by atoms with Gasteiger partial charge in [-0.05, 0) is 43.7 Å². The van der Waals surface area contributed by atoms with E-state index in [1.165, 1.54) is 16.4 Å². The Balaban J connectivity index is 2.02. The molecule has 1 atom stereocenters. The minimum absolute atomic E-state index is 0.175. The van der Waals surface area contributed by atoms with Crippen molar-refractivity contribution in [3.63, 3.8) is 0 Å². The third kappa shape index (κ3) is 4.31. The van der Waals surface area contributed by atoms with E-state index in [2.05, 4.69) is 10.6 Å². The molecule has 1 fully saturated rings. The van der Waals surface area contributed by atoms with Crippen molar-refractivity contribution < 1.29 is 13.2 Å². The quantitative estimate of drug-likeness (QED) is 0.782. The van der Waals surface area contributed by atoms with E-state index in [-0.39, 0.29) is 10.8 Å². The molecule has 23 heavy (non-hydrogen) atoms. The summed E-state index contributed by atoms with van der Waals surface area (Å²) in [5.41, 5.74) is 0.474. The zero-order valence-electron chi connectivity index (χ0n) is 13.7. The van der Waals surface area contributed by atoms with Gasteiger partial charge < -0.3 is 10.6 Å². The van der Waals surface area contributed by atoms with Crippen molar-refractivity contribution in [3.05, 3.63) is 29.8 Å². The molecule has 0 aliphatic carbocycles. The number of benzene rings is 1. The summed E-state index contributed by atoms with van der Waals surface area (Å²) >= 11 is 0. The van der Waals surface area contributed by atoms with Gasteiger partial charge in [-0.1, -0.05) is 13.8 Å². The van der Waals surface area contributed by atoms with Crippen LogP contribution < -0.4 is 10.6 Å². The van der Waals surface area contributed by atoms with Gasteiger partial charge in [0.1, 0.15) is 0 Å². The van der Waals surface area contributed by atoms with Gasteiger partial charge in [-0.2, -0.15) is 4.31 Å². The van der Waals surface area contributed by atoms with Crippen LogP contribution in [0.4, 0.5) is 0 Å². The Bertz CT molecular complexity index is 618. The van der Waals surface area contributed by atoms with Crippen LogP contribution in [0.1, 0.15) is 37.0 Å². The molecule has 1 saturated heterocycles. The molecule has 1 aromatic carbocycles. The van der Waals surface area contributed by atoms with Crippen molar-refractivity contribution in [2.45, 2.75) is 37.6 Å². The summed E-state index contributed by atoms with van der Waals surface area (Å²) in [6.07, 6.45) is 2.21. The summed E-state index contributed by atoms with van der Waals surface area (Å²) in [6, 6.07) is 6.45. The topological polar surface area (TPSA) is 78.5 Å². The fourth-order valence-corrected chi connectivity index (χ4v) is 4.20. The van der Waals surface area contributed by atoms with Crippen LogP contribution in [0.5, 0.6) is 0 Å². The Labute approximate surface area is 138 Å². The number of nitrogens with one attached hydrogen (secondary N) is 2. The molecule has 6 nitrogen and oxygen atoms in total. The molecule has 1 heterocycles. The van der Waals surface area contributed by atoms with E-state index in [1.807, 2.05) is 0 Å². The maximum absolute atomic E-state index is 12.4. The van der Waals surface area contributed by atoms with Crippen LogP contribution in [-0.2, 0) is 10.0 Å². The van der Waals surface area contributed by atoms with Crippen LogP contribution in [0.3, 0.4) is 0 Å². The number of hydrogen-bond acceptors (Lipinski definition) is 4. The van der Waals surface area contributed by atoms with Gasteiger partial charge in [-0.15, -0.1) is 0 Å². The summed E-state index contributed by atoms with van der Waals surface area (Å²) in [7, 11) is -3.48. The maximum atomic E-state index is 12.4. The molecule has 0 saturated carbocycles. The Morgan fingerprint density at radius 2 is 1.91 bits per heavy atom. The second kappa shape index (κ2) is 7.90. The summed E-state index contributed by atoms with van der Waals surface area (Å²) in [4.78, 5) is 12.3. The first-order chi connectivity index (χ1) is 11.0. The van der Waals surface area contributed by atoms with E-state index in [0.717, 1.165) is 19.4 Å². The van der Waals surface area contributed by atoms with Crippen LogP contribution in [0.15, 0.2) is 29.2 Å². The number of sulfonamides is 1. The molecule has 1 aromatic rings. The molecule has 0 bridgehead atoms. The van der Waals surface area contributed by atoms with Crippen molar-refractivity contribution in [3.8, 4) is 0 Å². The predicted molar refractivity (Wildman–Crippen MR) is 89.9 cm³/mol. The molecule has 0 radical (unpaired) electrons. The Kier molecular flexibility index (Phi) is 6.15. The lowest BCUT2D eigenvalue weighted by atomic mass is 10.2. The van der Waals surface area contributed by atoms with E-state index < -0.39 is 10.0 Å². The third-order valence-electron chi connectivity index (χ3n) is 4.13. The second-order valence-corrected chi connectivity index (χ2v) is 7.55. The van der Waals surface area contributed by atoms with Gasteiger partial charge in [0.2, 0.25) is 10.0 Å². The lowest BCUT2D eigenvalue weighted by molar-refractivity contribution is 0.0950. The highest BCUT2D eigenvalue weighted by Crippen LogP contribution is 2.16. The third-order valence-corrected chi connectivity index (χ3v) is 6.20. The van der Waals surface area contributed by atoms with Crippen LogP contribution in [0.25, 0.3) is 0 Å². The van der Waals surface area contributed by atoms with Crippen LogP contribution in [0, 0.1) is 0 Å². The van der Waals surface area contributed by atoms with Gasteiger partial charge in [0, 0.05) is 31.2 Å². The van der Waals surface area contributed by atoms with Crippen molar-refractivity contribution in [2.24, 2.45) is 0 Å². The van der Waals surface area contributed by atoms with E-state index in [1.54, 1.807) is 26.0 Å². The average Bonchev–Trinajstić information content (AvgIpc) is 3.07. The average molecular weight is 339 g/mol. The van der Waals surface area contributed by atoms with Gasteiger partial charge in [0.05, 0.1) is 4.90 Å². The standard InChI is InChI=1S/C16H25N3O3S/c1-3-19(4-2)23(21,22)15-9-7-13(8-10-15)16(20)18-12-14-6-5-11-17-14/h7-10,14,17H,3-6,11-12H2,1-2H3,(H,18,20). The summed E-state index contributed by atoms with van der Waals surface area (Å²) in [6.45, 7) is 6.06. The summed E-state index contributed by atoms with van der Waals surface area (Å²) in [5, 5.41) is 6.20. The Morgan fingerprint density at radius 1 is 1.26 bits per heavy atom.